The van der Waals surface area contributed by atoms with Crippen molar-refractivity contribution in [2.75, 3.05) is 26.8 Å². The monoisotopic (exact) mass is 471 g/mol. The molecule has 0 saturated carbocycles. The van der Waals surface area contributed by atoms with Crippen LogP contribution in [-0.2, 0) is 27.3 Å². The van der Waals surface area contributed by atoms with Crippen LogP contribution in [-0.4, -0.2) is 58.5 Å². The molecule has 0 aliphatic heterocycles. The Morgan fingerprint density at radius 2 is 1.66 bits per heavy atom. The van der Waals surface area contributed by atoms with Crippen LogP contribution in [0.25, 0.3) is 11.0 Å². The molecule has 0 unspecified atom stereocenters. The maximum absolute atomic E-state index is 13.8. The summed E-state index contributed by atoms with van der Waals surface area (Å²) in [5.41, 5.74) is 3.31. The highest BCUT2D eigenvalue weighted by atomic mass is 16.5. The second-order valence-electron chi connectivity index (χ2n) is 8.16. The zero-order chi connectivity index (χ0) is 24.5. The number of carbonyl (C=O) groups is 2. The third-order valence-electron chi connectivity index (χ3n) is 5.79. The molecule has 8 nitrogen and oxygen atoms in total. The number of ether oxygens (including phenoxy) is 1. The molecule has 0 radical (unpaired) electrons. The molecule has 8 heteroatoms. The Bertz CT molecular complexity index is 1240. The van der Waals surface area contributed by atoms with Crippen LogP contribution in [0.5, 0.6) is 0 Å². The Morgan fingerprint density at radius 3 is 2.40 bits per heavy atom. The fourth-order valence-electron chi connectivity index (χ4n) is 4.03. The largest absolute Gasteiger partial charge is 0.383 e. The number of hydrogen-bond acceptors (Lipinski definition) is 5. The number of nitrogens with one attached hydrogen (secondary N) is 1. The average molecular weight is 472 g/mol. The van der Waals surface area contributed by atoms with E-state index in [1.165, 1.54) is 0 Å². The number of nitrogens with zero attached hydrogens (tertiary/aromatic N) is 4. The van der Waals surface area contributed by atoms with Crippen LogP contribution >= 0.6 is 0 Å². The standard InChI is InChI=1S/C27H29N5O3/c1-35-19-17-28-27(34)26(22-12-6-3-7-13-22)31(18-16-21-10-4-2-5-11-21)25(33)20-32-24-15-9-8-14-23(24)29-30-32/h2-15,26H,16-20H2,1H3,(H,28,34)/t26-/m1/s1. The fraction of sp³-hybridized carbons (Fsp3) is 0.259. The number of methoxy groups -OCH3 is 1. The van der Waals surface area contributed by atoms with Crippen molar-refractivity contribution < 1.29 is 14.3 Å². The van der Waals surface area contributed by atoms with Gasteiger partial charge in [0.15, 0.2) is 0 Å². The third-order valence-corrected chi connectivity index (χ3v) is 5.79. The molecule has 0 fully saturated rings. The molecule has 1 N–H and O–H groups in total. The van der Waals surface area contributed by atoms with Crippen molar-refractivity contribution in [2.45, 2.75) is 19.0 Å². The minimum absolute atomic E-state index is 0.0238. The number of benzene rings is 3. The quantitative estimate of drug-likeness (QED) is 0.340. The highest BCUT2D eigenvalue weighted by Gasteiger charge is 2.31. The molecule has 180 valence electrons. The Hall–Kier alpha value is -4.04. The molecule has 2 amide bonds. The van der Waals surface area contributed by atoms with E-state index in [0.717, 1.165) is 16.6 Å². The molecule has 1 atom stereocenters. The molecule has 35 heavy (non-hydrogen) atoms. The van der Waals surface area contributed by atoms with E-state index in [-0.39, 0.29) is 18.4 Å². The number of amides is 2. The van der Waals surface area contributed by atoms with E-state index in [0.29, 0.717) is 31.6 Å². The molecule has 4 rings (SSSR count). The molecule has 0 bridgehead atoms. The maximum Gasteiger partial charge on any atom is 0.247 e. The van der Waals surface area contributed by atoms with E-state index < -0.39 is 6.04 Å². The summed E-state index contributed by atoms with van der Waals surface area (Å²) in [7, 11) is 1.58. The highest BCUT2D eigenvalue weighted by Crippen LogP contribution is 2.23. The van der Waals surface area contributed by atoms with Crippen LogP contribution < -0.4 is 5.32 Å². The van der Waals surface area contributed by atoms with E-state index in [1.54, 1.807) is 16.7 Å². The van der Waals surface area contributed by atoms with Crippen LogP contribution in [0, 0.1) is 0 Å². The van der Waals surface area contributed by atoms with E-state index in [9.17, 15) is 9.59 Å². The van der Waals surface area contributed by atoms with E-state index in [1.807, 2.05) is 84.9 Å². The summed E-state index contributed by atoms with van der Waals surface area (Å²) in [5.74, 6) is -0.467. The van der Waals surface area contributed by atoms with Gasteiger partial charge < -0.3 is 15.0 Å². The first kappa shape index (κ1) is 24.1. The van der Waals surface area contributed by atoms with Gasteiger partial charge in [0.1, 0.15) is 18.1 Å². The Morgan fingerprint density at radius 1 is 0.971 bits per heavy atom. The normalized spacial score (nSPS) is 11.8. The van der Waals surface area contributed by atoms with Crippen LogP contribution in [0.15, 0.2) is 84.9 Å². The smallest absolute Gasteiger partial charge is 0.247 e. The van der Waals surface area contributed by atoms with Crippen molar-refractivity contribution in [1.82, 2.24) is 25.2 Å². The molecular weight excluding hydrogens is 442 g/mol. The first-order valence-electron chi connectivity index (χ1n) is 11.6. The Kier molecular flexibility index (Phi) is 8.19. The number of aromatic nitrogens is 3. The molecular formula is C27H29N5O3. The fourth-order valence-corrected chi connectivity index (χ4v) is 4.03. The van der Waals surface area contributed by atoms with Gasteiger partial charge in [0.05, 0.1) is 12.1 Å². The Balaban J connectivity index is 1.65. The van der Waals surface area contributed by atoms with E-state index in [4.69, 9.17) is 4.74 Å². The summed E-state index contributed by atoms with van der Waals surface area (Å²) in [5, 5.41) is 11.2. The van der Waals surface area contributed by atoms with Crippen molar-refractivity contribution >= 4 is 22.8 Å². The van der Waals surface area contributed by atoms with Crippen molar-refractivity contribution in [2.24, 2.45) is 0 Å². The minimum Gasteiger partial charge on any atom is -0.383 e. The SMILES string of the molecule is COCCNC(=O)[C@@H](c1ccccc1)N(CCc1ccccc1)C(=O)Cn1nnc2ccccc21. The van der Waals surface area contributed by atoms with Crippen molar-refractivity contribution in [1.29, 1.82) is 0 Å². The first-order valence-corrected chi connectivity index (χ1v) is 11.6. The summed E-state index contributed by atoms with van der Waals surface area (Å²) < 4.78 is 6.67. The molecule has 1 aromatic heterocycles. The van der Waals surface area contributed by atoms with Gasteiger partial charge in [-0.3, -0.25) is 9.59 Å². The van der Waals surface area contributed by atoms with Gasteiger partial charge in [0.25, 0.3) is 0 Å². The average Bonchev–Trinajstić information content (AvgIpc) is 3.30. The van der Waals surface area contributed by atoms with Gasteiger partial charge in [0.2, 0.25) is 11.8 Å². The summed E-state index contributed by atoms with van der Waals surface area (Å²) in [6.07, 6.45) is 0.610. The molecule has 4 aromatic rings. The van der Waals surface area contributed by atoms with E-state index >= 15 is 0 Å². The predicted molar refractivity (Wildman–Crippen MR) is 133 cm³/mol. The highest BCUT2D eigenvalue weighted by molar-refractivity contribution is 5.89. The van der Waals surface area contributed by atoms with Crippen molar-refractivity contribution in [3.63, 3.8) is 0 Å². The first-order chi connectivity index (χ1) is 17.2. The molecule has 1 heterocycles. The number of carbonyl (C=O) groups excluding carboxylic acids is 2. The molecule has 0 aliphatic carbocycles. The zero-order valence-corrected chi connectivity index (χ0v) is 19.7. The zero-order valence-electron chi connectivity index (χ0n) is 19.7. The lowest BCUT2D eigenvalue weighted by Gasteiger charge is -2.31. The number of para-hydroxylation sites is 1. The van der Waals surface area contributed by atoms with Gasteiger partial charge in [-0.05, 0) is 29.7 Å². The second-order valence-corrected chi connectivity index (χ2v) is 8.16. The minimum atomic E-state index is -0.793. The predicted octanol–water partition coefficient (Wildman–Crippen LogP) is 3.01. The van der Waals surface area contributed by atoms with Gasteiger partial charge >= 0.3 is 0 Å². The lowest BCUT2D eigenvalue weighted by atomic mass is 10.0. The van der Waals surface area contributed by atoms with Crippen molar-refractivity contribution in [3.05, 3.63) is 96.1 Å². The topological polar surface area (TPSA) is 89.4 Å². The summed E-state index contributed by atoms with van der Waals surface area (Å²) in [4.78, 5) is 28.8. The van der Waals surface area contributed by atoms with Gasteiger partial charge in [-0.15, -0.1) is 5.10 Å². The van der Waals surface area contributed by atoms with Crippen LogP contribution in [0.3, 0.4) is 0 Å². The van der Waals surface area contributed by atoms with E-state index in [2.05, 4.69) is 15.6 Å². The van der Waals surface area contributed by atoms with Crippen molar-refractivity contribution in [3.8, 4) is 0 Å². The van der Waals surface area contributed by atoms with Crippen LogP contribution in [0.2, 0.25) is 0 Å². The molecule has 3 aromatic carbocycles. The number of fused-ring (bicyclic) bond motifs is 1. The molecule has 0 saturated heterocycles. The van der Waals surface area contributed by atoms with Crippen LogP contribution in [0.1, 0.15) is 17.2 Å². The lowest BCUT2D eigenvalue weighted by molar-refractivity contribution is -0.141. The Labute approximate surface area is 204 Å². The summed E-state index contributed by atoms with van der Waals surface area (Å²) in [6, 6.07) is 26.0. The maximum atomic E-state index is 13.8. The summed E-state index contributed by atoms with van der Waals surface area (Å²) in [6.45, 7) is 1.08. The van der Waals surface area contributed by atoms with Gasteiger partial charge in [-0.25, -0.2) is 4.68 Å². The number of hydrogen-bond donors (Lipinski definition) is 1. The second kappa shape index (κ2) is 11.9. The molecule has 0 spiro atoms. The van der Waals surface area contributed by atoms with Gasteiger partial charge in [-0.1, -0.05) is 78.0 Å². The van der Waals surface area contributed by atoms with Gasteiger partial charge in [-0.2, -0.15) is 0 Å². The third kappa shape index (κ3) is 6.10. The number of rotatable bonds is 11. The van der Waals surface area contributed by atoms with Gasteiger partial charge in [0, 0.05) is 20.2 Å². The van der Waals surface area contributed by atoms with Crippen LogP contribution in [0.4, 0.5) is 0 Å². The molecule has 0 aliphatic rings. The summed E-state index contributed by atoms with van der Waals surface area (Å²) >= 11 is 0. The lowest BCUT2D eigenvalue weighted by Crippen LogP contribution is -2.46.